The van der Waals surface area contributed by atoms with Crippen LogP contribution in [-0.4, -0.2) is 30.3 Å². The number of hydrogen-bond acceptors (Lipinski definition) is 4. The number of amides is 2. The molecule has 6 heteroatoms. The number of carbonyl (C=O) groups excluding carboxylic acids is 1. The van der Waals surface area contributed by atoms with Gasteiger partial charge in [0.25, 0.3) is 0 Å². The summed E-state index contributed by atoms with van der Waals surface area (Å²) in [6.07, 6.45) is 0.934. The maximum Gasteiger partial charge on any atom is 0.319 e. The normalized spacial score (nSPS) is 17.5. The molecule has 22 heavy (non-hydrogen) atoms. The Kier molecular flexibility index (Phi) is 4.00. The Labute approximate surface area is 129 Å². The second-order valence-electron chi connectivity index (χ2n) is 5.56. The minimum absolute atomic E-state index is 0.140. The Morgan fingerprint density at radius 1 is 1.32 bits per heavy atom. The van der Waals surface area contributed by atoms with E-state index < -0.39 is 0 Å². The summed E-state index contributed by atoms with van der Waals surface area (Å²) in [4.78, 5) is 14.4. The highest BCUT2D eigenvalue weighted by atomic mass is 16.5. The number of aryl methyl sites for hydroxylation is 2. The molecule has 2 heterocycles. The van der Waals surface area contributed by atoms with Crippen LogP contribution in [0.2, 0.25) is 0 Å². The van der Waals surface area contributed by atoms with Crippen LogP contribution >= 0.6 is 0 Å². The molecular formula is C16H20N4O2. The summed E-state index contributed by atoms with van der Waals surface area (Å²) in [6.45, 7) is 5.35. The molecule has 2 N–H and O–H groups in total. The van der Waals surface area contributed by atoms with Crippen LogP contribution in [0.5, 0.6) is 0 Å². The molecule has 1 aromatic heterocycles. The van der Waals surface area contributed by atoms with E-state index in [1.807, 2.05) is 18.2 Å². The van der Waals surface area contributed by atoms with Crippen molar-refractivity contribution in [1.82, 2.24) is 10.5 Å². The molecule has 1 fully saturated rings. The van der Waals surface area contributed by atoms with Crippen molar-refractivity contribution in [1.29, 1.82) is 0 Å². The first kappa shape index (κ1) is 14.4. The maximum atomic E-state index is 12.1. The van der Waals surface area contributed by atoms with E-state index in [-0.39, 0.29) is 12.1 Å². The van der Waals surface area contributed by atoms with Gasteiger partial charge in [-0.25, -0.2) is 4.79 Å². The van der Waals surface area contributed by atoms with Crippen molar-refractivity contribution in [3.8, 4) is 0 Å². The molecule has 6 nitrogen and oxygen atoms in total. The summed E-state index contributed by atoms with van der Waals surface area (Å²) in [7, 11) is 0. The second-order valence-corrected chi connectivity index (χ2v) is 5.56. The summed E-state index contributed by atoms with van der Waals surface area (Å²) >= 11 is 0. The Bertz CT molecular complexity index is 634. The Balaban J connectivity index is 1.55. The molecule has 1 atom stereocenters. The van der Waals surface area contributed by atoms with Gasteiger partial charge in [-0.1, -0.05) is 23.4 Å². The molecule has 0 bridgehead atoms. The number of nitrogens with one attached hydrogen (secondary N) is 2. The number of nitrogens with zero attached hydrogens (tertiary/aromatic N) is 2. The molecule has 1 saturated heterocycles. The Hall–Kier alpha value is -2.50. The predicted octanol–water partition coefficient (Wildman–Crippen LogP) is 2.69. The topological polar surface area (TPSA) is 70.4 Å². The largest absolute Gasteiger partial charge is 0.369 e. The quantitative estimate of drug-likeness (QED) is 0.914. The van der Waals surface area contributed by atoms with Crippen LogP contribution in [0.25, 0.3) is 0 Å². The summed E-state index contributed by atoms with van der Waals surface area (Å²) in [5.74, 6) is 0.616. The van der Waals surface area contributed by atoms with Crippen LogP contribution in [0.1, 0.15) is 17.9 Å². The van der Waals surface area contributed by atoms with E-state index in [2.05, 4.69) is 32.8 Å². The molecular weight excluding hydrogens is 280 g/mol. The first-order valence-corrected chi connectivity index (χ1v) is 7.44. The number of aromatic nitrogens is 1. The van der Waals surface area contributed by atoms with Crippen LogP contribution in [0.3, 0.4) is 0 Å². The third-order valence-corrected chi connectivity index (χ3v) is 3.92. The van der Waals surface area contributed by atoms with Crippen molar-refractivity contribution in [3.63, 3.8) is 0 Å². The smallest absolute Gasteiger partial charge is 0.319 e. The molecule has 2 aromatic rings. The van der Waals surface area contributed by atoms with Gasteiger partial charge in [0.2, 0.25) is 0 Å². The van der Waals surface area contributed by atoms with Gasteiger partial charge in [-0.3, -0.25) is 0 Å². The average molecular weight is 300 g/mol. The zero-order chi connectivity index (χ0) is 15.5. The third kappa shape index (κ3) is 3.05. The van der Waals surface area contributed by atoms with Crippen molar-refractivity contribution in [3.05, 3.63) is 41.8 Å². The molecule has 0 unspecified atom stereocenters. The van der Waals surface area contributed by atoms with E-state index in [1.165, 1.54) is 5.69 Å². The standard InChI is InChI=1S/C16H20N4O2/c1-11-15(12(2)22-19-11)18-16(21)17-13-8-9-20(10-13)14-6-4-3-5-7-14/h3-7,13H,8-10H2,1-2H3,(H2,17,18,21)/t13-/m1/s1. The summed E-state index contributed by atoms with van der Waals surface area (Å²) in [5, 5.41) is 9.65. The van der Waals surface area contributed by atoms with Crippen LogP contribution < -0.4 is 15.5 Å². The zero-order valence-corrected chi connectivity index (χ0v) is 12.8. The lowest BCUT2D eigenvalue weighted by atomic mass is 10.2. The van der Waals surface area contributed by atoms with E-state index in [9.17, 15) is 4.79 Å². The Morgan fingerprint density at radius 2 is 2.09 bits per heavy atom. The predicted molar refractivity (Wildman–Crippen MR) is 85.2 cm³/mol. The van der Waals surface area contributed by atoms with Gasteiger partial charge in [0, 0.05) is 24.8 Å². The van der Waals surface area contributed by atoms with Crippen molar-refractivity contribution >= 4 is 17.4 Å². The molecule has 3 rings (SSSR count). The van der Waals surface area contributed by atoms with Crippen LogP contribution in [0.4, 0.5) is 16.2 Å². The molecule has 0 aliphatic carbocycles. The number of anilines is 2. The van der Waals surface area contributed by atoms with E-state index in [4.69, 9.17) is 4.52 Å². The molecule has 0 saturated carbocycles. The zero-order valence-electron chi connectivity index (χ0n) is 12.8. The van der Waals surface area contributed by atoms with Crippen molar-refractivity contribution < 1.29 is 9.32 Å². The fourth-order valence-electron chi connectivity index (χ4n) is 2.75. The number of rotatable bonds is 3. The fourth-order valence-corrected chi connectivity index (χ4v) is 2.75. The van der Waals surface area contributed by atoms with Gasteiger partial charge in [-0.15, -0.1) is 0 Å². The average Bonchev–Trinajstić information content (AvgIpc) is 3.10. The highest BCUT2D eigenvalue weighted by molar-refractivity contribution is 5.90. The number of para-hydroxylation sites is 1. The number of hydrogen-bond donors (Lipinski definition) is 2. The van der Waals surface area contributed by atoms with Gasteiger partial charge in [0.15, 0.2) is 5.76 Å². The van der Waals surface area contributed by atoms with Gasteiger partial charge < -0.3 is 20.1 Å². The van der Waals surface area contributed by atoms with E-state index in [0.29, 0.717) is 17.1 Å². The van der Waals surface area contributed by atoms with Gasteiger partial charge in [-0.2, -0.15) is 0 Å². The number of carbonyl (C=O) groups is 1. The minimum atomic E-state index is -0.214. The van der Waals surface area contributed by atoms with E-state index in [0.717, 1.165) is 19.5 Å². The monoisotopic (exact) mass is 300 g/mol. The fraction of sp³-hybridized carbons (Fsp3) is 0.375. The molecule has 0 spiro atoms. The van der Waals surface area contributed by atoms with Gasteiger partial charge in [0.05, 0.1) is 0 Å². The molecule has 0 radical (unpaired) electrons. The highest BCUT2D eigenvalue weighted by Crippen LogP contribution is 2.21. The molecule has 2 amide bonds. The molecule has 1 aliphatic rings. The Morgan fingerprint density at radius 3 is 2.77 bits per heavy atom. The van der Waals surface area contributed by atoms with Gasteiger partial charge >= 0.3 is 6.03 Å². The number of urea groups is 1. The van der Waals surface area contributed by atoms with Gasteiger partial charge in [-0.05, 0) is 32.4 Å². The summed E-state index contributed by atoms with van der Waals surface area (Å²) < 4.78 is 5.04. The lowest BCUT2D eigenvalue weighted by Gasteiger charge is -2.19. The van der Waals surface area contributed by atoms with Crippen molar-refractivity contribution in [2.75, 3.05) is 23.3 Å². The molecule has 116 valence electrons. The van der Waals surface area contributed by atoms with Gasteiger partial charge in [0.1, 0.15) is 11.4 Å². The van der Waals surface area contributed by atoms with Crippen molar-refractivity contribution in [2.45, 2.75) is 26.3 Å². The maximum absolute atomic E-state index is 12.1. The van der Waals surface area contributed by atoms with Crippen LogP contribution in [0, 0.1) is 13.8 Å². The minimum Gasteiger partial charge on any atom is -0.369 e. The summed E-state index contributed by atoms with van der Waals surface area (Å²) in [5.41, 5.74) is 2.53. The van der Waals surface area contributed by atoms with E-state index in [1.54, 1.807) is 13.8 Å². The van der Waals surface area contributed by atoms with E-state index >= 15 is 0 Å². The first-order valence-electron chi connectivity index (χ1n) is 7.44. The third-order valence-electron chi connectivity index (χ3n) is 3.92. The highest BCUT2D eigenvalue weighted by Gasteiger charge is 2.24. The SMILES string of the molecule is Cc1noc(C)c1NC(=O)N[C@@H]1CCN(c2ccccc2)C1. The van der Waals surface area contributed by atoms with Crippen LogP contribution in [0.15, 0.2) is 34.9 Å². The first-order chi connectivity index (χ1) is 10.6. The van der Waals surface area contributed by atoms with Crippen molar-refractivity contribution in [2.24, 2.45) is 0 Å². The molecule has 1 aliphatic heterocycles. The lowest BCUT2D eigenvalue weighted by molar-refractivity contribution is 0.249. The summed E-state index contributed by atoms with van der Waals surface area (Å²) in [6, 6.07) is 10.2. The second kappa shape index (κ2) is 6.09. The van der Waals surface area contributed by atoms with Crippen LogP contribution in [-0.2, 0) is 0 Å². The number of benzene rings is 1. The lowest BCUT2D eigenvalue weighted by Crippen LogP contribution is -2.39. The molecule has 1 aromatic carbocycles.